The fourth-order valence-corrected chi connectivity index (χ4v) is 4.69. The van der Waals surface area contributed by atoms with E-state index in [1.165, 1.54) is 12.1 Å². The number of aromatic amines is 1. The lowest BCUT2D eigenvalue weighted by Gasteiger charge is -2.39. The van der Waals surface area contributed by atoms with E-state index in [0.29, 0.717) is 42.8 Å². The number of benzene rings is 1. The Labute approximate surface area is 198 Å². The quantitative estimate of drug-likeness (QED) is 0.506. The second kappa shape index (κ2) is 9.87. The number of amides is 1. The molecule has 0 radical (unpaired) electrons. The van der Waals surface area contributed by atoms with Gasteiger partial charge in [0.2, 0.25) is 0 Å². The molecule has 3 heterocycles. The van der Waals surface area contributed by atoms with Gasteiger partial charge in [-0.05, 0) is 61.1 Å². The maximum Gasteiger partial charge on any atom is 0.270 e. The minimum atomic E-state index is -0.633. The fourth-order valence-electron chi connectivity index (χ4n) is 4.69. The number of rotatable bonds is 7. The van der Waals surface area contributed by atoms with E-state index in [4.69, 9.17) is 0 Å². The second-order valence-electron chi connectivity index (χ2n) is 9.49. The maximum atomic E-state index is 13.5. The summed E-state index contributed by atoms with van der Waals surface area (Å²) in [5.41, 5.74) is 1.91. The van der Waals surface area contributed by atoms with E-state index in [-0.39, 0.29) is 17.6 Å². The monoisotopic (exact) mass is 465 g/mol. The fraction of sp³-hybridized carbons (Fsp3) is 0.370. The molecule has 1 N–H and O–H groups in total. The number of pyridine rings is 1. The van der Waals surface area contributed by atoms with Crippen LogP contribution in [0.1, 0.15) is 49.3 Å². The lowest BCUT2D eigenvalue weighted by Crippen LogP contribution is -2.44. The van der Waals surface area contributed by atoms with E-state index in [1.54, 1.807) is 30.6 Å². The highest BCUT2D eigenvalue weighted by molar-refractivity contribution is 5.92. The van der Waals surface area contributed by atoms with E-state index in [0.717, 1.165) is 24.6 Å². The molecule has 34 heavy (non-hydrogen) atoms. The third-order valence-corrected chi connectivity index (χ3v) is 6.98. The number of nitrogens with one attached hydrogen (secondary N) is 1. The number of nitrogens with zero attached hydrogens (tertiary/aromatic N) is 2. The molecule has 7 heteroatoms. The Hall–Kier alpha value is -3.35. The standard InChI is InChI=1S/C27H29F2N3O2/c1-27(2,20-9-12-32(13-10-20)26(34)24-4-3-11-30-24)25(33)8-7-23-6-5-18(17-31-23)19-14-21(28)16-22(29)15-19/h3-6,11,14-17,20,30H,7-10,12-13H2,1-2H3. The third kappa shape index (κ3) is 5.24. The summed E-state index contributed by atoms with van der Waals surface area (Å²) in [5.74, 6) is -0.869. The van der Waals surface area contributed by atoms with Gasteiger partial charge in [-0.3, -0.25) is 14.6 Å². The van der Waals surface area contributed by atoms with Crippen LogP contribution in [0.3, 0.4) is 0 Å². The number of H-pyrrole nitrogens is 1. The van der Waals surface area contributed by atoms with Gasteiger partial charge in [0.05, 0.1) is 0 Å². The summed E-state index contributed by atoms with van der Waals surface area (Å²) in [7, 11) is 0. The number of hydrogen-bond acceptors (Lipinski definition) is 3. The molecule has 0 unspecified atom stereocenters. The van der Waals surface area contributed by atoms with Crippen LogP contribution >= 0.6 is 0 Å². The molecule has 1 aliphatic rings. The van der Waals surface area contributed by atoms with Gasteiger partial charge in [0, 0.05) is 54.6 Å². The number of hydrogen-bond donors (Lipinski definition) is 1. The molecule has 5 nitrogen and oxygen atoms in total. The van der Waals surface area contributed by atoms with Crippen molar-refractivity contribution in [2.45, 2.75) is 39.5 Å². The molecule has 0 atom stereocenters. The predicted molar refractivity (Wildman–Crippen MR) is 126 cm³/mol. The predicted octanol–water partition coefficient (Wildman–Crippen LogP) is 5.44. The molecule has 1 fully saturated rings. The van der Waals surface area contributed by atoms with Crippen molar-refractivity contribution in [3.8, 4) is 11.1 Å². The number of aromatic nitrogens is 2. The summed E-state index contributed by atoms with van der Waals surface area (Å²) >= 11 is 0. The van der Waals surface area contributed by atoms with Crippen molar-refractivity contribution in [1.29, 1.82) is 0 Å². The molecule has 3 aromatic rings. The number of carbonyl (C=O) groups is 2. The highest BCUT2D eigenvalue weighted by Crippen LogP contribution is 2.37. The first-order valence-electron chi connectivity index (χ1n) is 11.6. The topological polar surface area (TPSA) is 66.1 Å². The minimum Gasteiger partial charge on any atom is -0.357 e. The smallest absolute Gasteiger partial charge is 0.270 e. The first kappa shape index (κ1) is 23.8. The van der Waals surface area contributed by atoms with Crippen LogP contribution in [0.25, 0.3) is 11.1 Å². The highest BCUT2D eigenvalue weighted by atomic mass is 19.1. The Morgan fingerprint density at radius 2 is 1.76 bits per heavy atom. The highest BCUT2D eigenvalue weighted by Gasteiger charge is 2.38. The van der Waals surface area contributed by atoms with E-state index in [2.05, 4.69) is 9.97 Å². The lowest BCUT2D eigenvalue weighted by molar-refractivity contribution is -0.130. The molecule has 178 valence electrons. The zero-order chi connectivity index (χ0) is 24.3. The van der Waals surface area contributed by atoms with Crippen LogP contribution in [0.4, 0.5) is 8.78 Å². The van der Waals surface area contributed by atoms with Crippen molar-refractivity contribution in [3.05, 3.63) is 77.9 Å². The molecule has 0 spiro atoms. The molecule has 1 amide bonds. The van der Waals surface area contributed by atoms with E-state index < -0.39 is 17.0 Å². The Morgan fingerprint density at radius 3 is 2.35 bits per heavy atom. The summed E-state index contributed by atoms with van der Waals surface area (Å²) in [4.78, 5) is 34.8. The maximum absolute atomic E-state index is 13.5. The summed E-state index contributed by atoms with van der Waals surface area (Å²) in [6.45, 7) is 5.28. The molecule has 1 aliphatic heterocycles. The summed E-state index contributed by atoms with van der Waals surface area (Å²) in [6.07, 6.45) is 5.78. The summed E-state index contributed by atoms with van der Waals surface area (Å²) in [5, 5.41) is 0. The van der Waals surface area contributed by atoms with Crippen LogP contribution in [0.15, 0.2) is 54.9 Å². The van der Waals surface area contributed by atoms with Crippen molar-refractivity contribution in [1.82, 2.24) is 14.9 Å². The van der Waals surface area contributed by atoms with Crippen LogP contribution in [0, 0.1) is 23.0 Å². The molecule has 0 aliphatic carbocycles. The number of carbonyl (C=O) groups excluding carboxylic acids is 2. The molecule has 1 saturated heterocycles. The van der Waals surface area contributed by atoms with Crippen molar-refractivity contribution in [2.75, 3.05) is 13.1 Å². The van der Waals surface area contributed by atoms with Gasteiger partial charge in [-0.25, -0.2) is 8.78 Å². The number of piperidine rings is 1. The Morgan fingerprint density at radius 1 is 1.06 bits per heavy atom. The van der Waals surface area contributed by atoms with Gasteiger partial charge >= 0.3 is 0 Å². The Balaban J connectivity index is 1.31. The SMILES string of the molecule is CC(C)(C(=O)CCc1ccc(-c2cc(F)cc(F)c2)cn1)C1CCN(C(=O)c2ccc[nH]2)CC1. The molecule has 0 bridgehead atoms. The van der Waals surface area contributed by atoms with Crippen molar-refractivity contribution < 1.29 is 18.4 Å². The summed E-state index contributed by atoms with van der Waals surface area (Å²) in [6, 6.07) is 10.5. The zero-order valence-corrected chi connectivity index (χ0v) is 19.5. The van der Waals surface area contributed by atoms with Gasteiger partial charge in [0.1, 0.15) is 23.1 Å². The van der Waals surface area contributed by atoms with Gasteiger partial charge in [-0.1, -0.05) is 19.9 Å². The van der Waals surface area contributed by atoms with E-state index in [9.17, 15) is 18.4 Å². The Bertz CT molecular complexity index is 1130. The van der Waals surface area contributed by atoms with E-state index >= 15 is 0 Å². The average Bonchev–Trinajstić information content (AvgIpc) is 3.37. The molecule has 2 aromatic heterocycles. The third-order valence-electron chi connectivity index (χ3n) is 6.98. The van der Waals surface area contributed by atoms with Gasteiger partial charge in [-0.2, -0.15) is 0 Å². The first-order valence-corrected chi connectivity index (χ1v) is 11.6. The van der Waals surface area contributed by atoms with Crippen LogP contribution in [-0.2, 0) is 11.2 Å². The lowest BCUT2D eigenvalue weighted by atomic mass is 9.70. The Kier molecular flexibility index (Phi) is 6.91. The molecular formula is C27H29F2N3O2. The molecular weight excluding hydrogens is 436 g/mol. The second-order valence-corrected chi connectivity index (χ2v) is 9.49. The normalized spacial score (nSPS) is 14.9. The molecule has 4 rings (SSSR count). The van der Waals surface area contributed by atoms with Crippen molar-refractivity contribution >= 4 is 11.7 Å². The van der Waals surface area contributed by atoms with Gasteiger partial charge in [0.25, 0.3) is 5.91 Å². The van der Waals surface area contributed by atoms with Crippen LogP contribution < -0.4 is 0 Å². The summed E-state index contributed by atoms with van der Waals surface area (Å²) < 4.78 is 26.9. The molecule has 0 saturated carbocycles. The first-order chi connectivity index (χ1) is 16.2. The largest absolute Gasteiger partial charge is 0.357 e. The number of ketones is 1. The van der Waals surface area contributed by atoms with Crippen molar-refractivity contribution in [3.63, 3.8) is 0 Å². The van der Waals surface area contributed by atoms with Gasteiger partial charge < -0.3 is 9.88 Å². The van der Waals surface area contributed by atoms with Crippen LogP contribution in [0.2, 0.25) is 0 Å². The average molecular weight is 466 g/mol. The van der Waals surface area contributed by atoms with Crippen LogP contribution in [-0.4, -0.2) is 39.6 Å². The van der Waals surface area contributed by atoms with Crippen molar-refractivity contribution in [2.24, 2.45) is 11.3 Å². The number of likely N-dealkylation sites (tertiary alicyclic amines) is 1. The zero-order valence-electron chi connectivity index (χ0n) is 19.5. The minimum absolute atomic E-state index is 0.00286. The number of Topliss-reactive ketones (excluding diaryl/α,β-unsaturated/α-hetero) is 1. The van der Waals surface area contributed by atoms with Gasteiger partial charge in [-0.15, -0.1) is 0 Å². The number of halogens is 2. The number of aryl methyl sites for hydroxylation is 1. The van der Waals surface area contributed by atoms with Gasteiger partial charge in [0.15, 0.2) is 0 Å². The molecule has 1 aromatic carbocycles. The van der Waals surface area contributed by atoms with Crippen LogP contribution in [0.5, 0.6) is 0 Å². The van der Waals surface area contributed by atoms with E-state index in [1.807, 2.05) is 24.8 Å².